The number of nitrogens with one attached hydrogen (secondary N) is 1. The Kier molecular flexibility index (Phi) is 6.46. The molecule has 0 spiro atoms. The Morgan fingerprint density at radius 2 is 2.11 bits per heavy atom. The molecule has 0 radical (unpaired) electrons. The van der Waals surface area contributed by atoms with Crippen LogP contribution < -0.4 is 15.8 Å². The van der Waals surface area contributed by atoms with Crippen molar-refractivity contribution in [2.45, 2.75) is 25.9 Å². The van der Waals surface area contributed by atoms with Crippen molar-refractivity contribution in [1.82, 2.24) is 5.32 Å². The number of carbonyl (C=O) groups excluding carboxylic acids is 1. The first-order valence-corrected chi connectivity index (χ1v) is 5.62. The van der Waals surface area contributed by atoms with Gasteiger partial charge >= 0.3 is 0 Å². The molecule has 6 heteroatoms. The molecule has 1 amide bonds. The molecule has 0 aromatic heterocycles. The number of ether oxygens (including phenoxy) is 1. The van der Waals surface area contributed by atoms with Crippen LogP contribution >= 0.6 is 24.0 Å². The minimum atomic E-state index is -0.908. The van der Waals surface area contributed by atoms with E-state index < -0.39 is 5.54 Å². The van der Waals surface area contributed by atoms with Gasteiger partial charge in [-0.25, -0.2) is 0 Å². The Morgan fingerprint density at radius 1 is 1.50 bits per heavy atom. The van der Waals surface area contributed by atoms with E-state index in [4.69, 9.17) is 22.1 Å². The quantitative estimate of drug-likeness (QED) is 0.893. The fourth-order valence-corrected chi connectivity index (χ4v) is 1.53. The van der Waals surface area contributed by atoms with Gasteiger partial charge in [-0.3, -0.25) is 4.79 Å². The molecule has 0 unspecified atom stereocenters. The first-order valence-electron chi connectivity index (χ1n) is 5.25. The molecule has 0 saturated carbocycles. The zero-order chi connectivity index (χ0) is 13.1. The van der Waals surface area contributed by atoms with E-state index in [1.807, 2.05) is 0 Å². The molecular weight excluding hydrogens is 275 g/mol. The van der Waals surface area contributed by atoms with Crippen molar-refractivity contribution in [2.24, 2.45) is 5.73 Å². The first kappa shape index (κ1) is 17.0. The summed E-state index contributed by atoms with van der Waals surface area (Å²) in [7, 11) is 1.56. The lowest BCUT2D eigenvalue weighted by Gasteiger charge is -2.18. The third kappa shape index (κ3) is 4.37. The Hall–Kier alpha value is -0.970. The molecule has 0 aliphatic heterocycles. The SMILES string of the molecule is COc1cccc(Cl)c1CNC(=O)C(C)(C)N.Cl. The monoisotopic (exact) mass is 292 g/mol. The van der Waals surface area contributed by atoms with Gasteiger partial charge in [0, 0.05) is 17.1 Å². The van der Waals surface area contributed by atoms with Gasteiger partial charge in [0.2, 0.25) is 5.91 Å². The summed E-state index contributed by atoms with van der Waals surface area (Å²) >= 11 is 6.04. The number of hydrogen-bond acceptors (Lipinski definition) is 3. The van der Waals surface area contributed by atoms with E-state index in [1.165, 1.54) is 0 Å². The summed E-state index contributed by atoms with van der Waals surface area (Å²) < 4.78 is 5.18. The van der Waals surface area contributed by atoms with Crippen molar-refractivity contribution >= 4 is 29.9 Å². The number of hydrogen-bond donors (Lipinski definition) is 2. The van der Waals surface area contributed by atoms with Crippen molar-refractivity contribution in [3.8, 4) is 5.75 Å². The second-order valence-corrected chi connectivity index (χ2v) is 4.73. The first-order chi connectivity index (χ1) is 7.86. The zero-order valence-electron chi connectivity index (χ0n) is 10.6. The maximum Gasteiger partial charge on any atom is 0.239 e. The van der Waals surface area contributed by atoms with Gasteiger partial charge < -0.3 is 15.8 Å². The van der Waals surface area contributed by atoms with E-state index in [2.05, 4.69) is 5.32 Å². The Balaban J connectivity index is 0.00000289. The lowest BCUT2D eigenvalue weighted by atomic mass is 10.1. The van der Waals surface area contributed by atoms with Crippen molar-refractivity contribution in [3.63, 3.8) is 0 Å². The number of rotatable bonds is 4. The van der Waals surface area contributed by atoms with Crippen molar-refractivity contribution < 1.29 is 9.53 Å². The smallest absolute Gasteiger partial charge is 0.239 e. The standard InChI is InChI=1S/C12H17ClN2O2.ClH/c1-12(2,14)11(16)15-7-8-9(13)5-4-6-10(8)17-3;/h4-6H,7,14H2,1-3H3,(H,15,16);1H. The highest BCUT2D eigenvalue weighted by molar-refractivity contribution is 6.31. The molecule has 0 bridgehead atoms. The summed E-state index contributed by atoms with van der Waals surface area (Å²) in [5.41, 5.74) is 5.51. The van der Waals surface area contributed by atoms with E-state index in [-0.39, 0.29) is 18.3 Å². The van der Waals surface area contributed by atoms with Gasteiger partial charge in [-0.15, -0.1) is 12.4 Å². The molecule has 3 N–H and O–H groups in total. The molecule has 102 valence electrons. The topological polar surface area (TPSA) is 64.3 Å². The summed E-state index contributed by atoms with van der Waals surface area (Å²) in [5, 5.41) is 3.28. The van der Waals surface area contributed by atoms with Crippen molar-refractivity contribution in [3.05, 3.63) is 28.8 Å². The molecule has 0 heterocycles. The van der Waals surface area contributed by atoms with E-state index >= 15 is 0 Å². The Morgan fingerprint density at radius 3 is 2.61 bits per heavy atom. The third-order valence-corrected chi connectivity index (χ3v) is 2.66. The van der Waals surface area contributed by atoms with Crippen LogP contribution in [0.15, 0.2) is 18.2 Å². The zero-order valence-corrected chi connectivity index (χ0v) is 12.2. The number of halogens is 2. The van der Waals surface area contributed by atoms with Gasteiger partial charge in [0.25, 0.3) is 0 Å². The minimum Gasteiger partial charge on any atom is -0.496 e. The molecule has 0 atom stereocenters. The average Bonchev–Trinajstić information content (AvgIpc) is 2.25. The molecule has 1 aromatic rings. The number of benzene rings is 1. The summed E-state index contributed by atoms with van der Waals surface area (Å²) in [5.74, 6) is 0.409. The maximum atomic E-state index is 11.6. The van der Waals surface area contributed by atoms with Crippen molar-refractivity contribution in [2.75, 3.05) is 7.11 Å². The molecule has 1 aromatic carbocycles. The van der Waals surface area contributed by atoms with Crippen LogP contribution in [0.5, 0.6) is 5.75 Å². The summed E-state index contributed by atoms with van der Waals surface area (Å²) in [6.45, 7) is 3.58. The highest BCUT2D eigenvalue weighted by Gasteiger charge is 2.21. The molecule has 0 fully saturated rings. The highest BCUT2D eigenvalue weighted by atomic mass is 35.5. The lowest BCUT2D eigenvalue weighted by Crippen LogP contribution is -2.48. The van der Waals surface area contributed by atoms with Crippen LogP contribution in [0.1, 0.15) is 19.4 Å². The minimum absolute atomic E-state index is 0. The number of nitrogens with two attached hydrogens (primary N) is 1. The second kappa shape index (κ2) is 6.83. The van der Waals surface area contributed by atoms with Crippen LogP contribution in [0.25, 0.3) is 0 Å². The van der Waals surface area contributed by atoms with Crippen LogP contribution in [0.4, 0.5) is 0 Å². The van der Waals surface area contributed by atoms with Crippen LogP contribution in [-0.2, 0) is 11.3 Å². The molecule has 0 saturated heterocycles. The summed E-state index contributed by atoms with van der Waals surface area (Å²) in [6.07, 6.45) is 0. The Labute approximate surface area is 118 Å². The lowest BCUT2D eigenvalue weighted by molar-refractivity contribution is -0.125. The average molecular weight is 293 g/mol. The van der Waals surface area contributed by atoms with Crippen LogP contribution in [0.3, 0.4) is 0 Å². The second-order valence-electron chi connectivity index (χ2n) is 4.33. The number of amides is 1. The molecule has 1 rings (SSSR count). The van der Waals surface area contributed by atoms with Gasteiger partial charge in [0.15, 0.2) is 0 Å². The fourth-order valence-electron chi connectivity index (χ4n) is 1.30. The van der Waals surface area contributed by atoms with Crippen LogP contribution in [0.2, 0.25) is 5.02 Å². The van der Waals surface area contributed by atoms with Crippen molar-refractivity contribution in [1.29, 1.82) is 0 Å². The molecular formula is C12H18Cl2N2O2. The molecule has 0 aliphatic rings. The number of methoxy groups -OCH3 is 1. The number of carbonyl (C=O) groups is 1. The largest absolute Gasteiger partial charge is 0.496 e. The Bertz CT molecular complexity index is 417. The van der Waals surface area contributed by atoms with Crippen LogP contribution in [-0.4, -0.2) is 18.6 Å². The van der Waals surface area contributed by atoms with E-state index in [0.717, 1.165) is 5.56 Å². The molecule has 4 nitrogen and oxygen atoms in total. The van der Waals surface area contributed by atoms with E-state index in [1.54, 1.807) is 39.2 Å². The van der Waals surface area contributed by atoms with Gasteiger partial charge in [-0.05, 0) is 26.0 Å². The van der Waals surface area contributed by atoms with Gasteiger partial charge in [0.05, 0.1) is 12.6 Å². The van der Waals surface area contributed by atoms with Crippen LogP contribution in [0, 0.1) is 0 Å². The predicted octanol–water partition coefficient (Wildman–Crippen LogP) is 2.12. The third-order valence-electron chi connectivity index (χ3n) is 2.31. The van der Waals surface area contributed by atoms with E-state index in [0.29, 0.717) is 17.3 Å². The van der Waals surface area contributed by atoms with Gasteiger partial charge in [0.1, 0.15) is 5.75 Å². The maximum absolute atomic E-state index is 11.6. The van der Waals surface area contributed by atoms with Gasteiger partial charge in [-0.1, -0.05) is 17.7 Å². The molecule has 0 aliphatic carbocycles. The summed E-state index contributed by atoms with van der Waals surface area (Å²) in [6, 6.07) is 5.33. The fraction of sp³-hybridized carbons (Fsp3) is 0.417. The normalized spacial score (nSPS) is 10.5. The summed E-state index contributed by atoms with van der Waals surface area (Å²) in [4.78, 5) is 11.6. The molecule has 18 heavy (non-hydrogen) atoms. The van der Waals surface area contributed by atoms with E-state index in [9.17, 15) is 4.79 Å². The predicted molar refractivity (Wildman–Crippen MR) is 75.4 cm³/mol. The van der Waals surface area contributed by atoms with Gasteiger partial charge in [-0.2, -0.15) is 0 Å². The highest BCUT2D eigenvalue weighted by Crippen LogP contribution is 2.25.